The van der Waals surface area contributed by atoms with Crippen LogP contribution in [0.2, 0.25) is 0 Å². The van der Waals surface area contributed by atoms with Gasteiger partial charge in [0.2, 0.25) is 5.95 Å². The Labute approximate surface area is 190 Å². The molecule has 0 aliphatic carbocycles. The molecule has 0 radical (unpaired) electrons. The van der Waals surface area contributed by atoms with Crippen LogP contribution in [0, 0.1) is 12.8 Å². The van der Waals surface area contributed by atoms with Gasteiger partial charge in [-0.2, -0.15) is 4.98 Å². The number of ketones is 1. The molecule has 1 heterocycles. The summed E-state index contributed by atoms with van der Waals surface area (Å²) >= 11 is 0. The molecule has 3 aromatic rings. The van der Waals surface area contributed by atoms with Crippen LogP contribution in [0.5, 0.6) is 0 Å². The fraction of sp³-hybridized carbons (Fsp3) is 0.292. The molecule has 3 rings (SSSR count). The van der Waals surface area contributed by atoms with Crippen LogP contribution in [0.1, 0.15) is 30.5 Å². The number of anilines is 2. The Bertz CT molecular complexity index is 1270. The number of benzene rings is 2. The molecule has 0 saturated heterocycles. The van der Waals surface area contributed by atoms with Crippen LogP contribution in [-0.4, -0.2) is 31.0 Å². The van der Waals surface area contributed by atoms with E-state index in [-0.39, 0.29) is 24.8 Å². The highest BCUT2D eigenvalue weighted by atomic mass is 16.4. The molecule has 33 heavy (non-hydrogen) atoms. The second-order valence-electron chi connectivity index (χ2n) is 8.12. The molecular weight excluding hydrogens is 424 g/mol. The molecule has 0 fully saturated rings. The largest absolute Gasteiger partial charge is 0.481 e. The molecule has 1 atom stereocenters. The van der Waals surface area contributed by atoms with Gasteiger partial charge in [0.15, 0.2) is 0 Å². The summed E-state index contributed by atoms with van der Waals surface area (Å²) in [5, 5.41) is 12.2. The summed E-state index contributed by atoms with van der Waals surface area (Å²) in [6.45, 7) is 4.74. The maximum Gasteiger partial charge on any atom is 0.354 e. The molecule has 0 aliphatic heterocycles. The average Bonchev–Trinajstić information content (AvgIpc) is 2.76. The maximum absolute atomic E-state index is 13.2. The molecule has 0 aliphatic rings. The average molecular weight is 450 g/mol. The van der Waals surface area contributed by atoms with E-state index in [1.165, 1.54) is 18.4 Å². The summed E-state index contributed by atoms with van der Waals surface area (Å²) in [6.07, 6.45) is 0.314. The van der Waals surface area contributed by atoms with E-state index >= 15 is 0 Å². The first-order chi connectivity index (χ1) is 15.6. The van der Waals surface area contributed by atoms with Gasteiger partial charge in [-0.15, -0.1) is 0 Å². The zero-order valence-corrected chi connectivity index (χ0v) is 18.7. The van der Waals surface area contributed by atoms with E-state index in [0.29, 0.717) is 12.1 Å². The summed E-state index contributed by atoms with van der Waals surface area (Å²) < 4.78 is 2.15. The number of Topliss-reactive ketones (excluding diaryl/α,β-unsaturated/α-hetero) is 1. The molecule has 1 aromatic heterocycles. The number of rotatable bonds is 9. The zero-order chi connectivity index (χ0) is 24.1. The summed E-state index contributed by atoms with van der Waals surface area (Å²) in [5.74, 6) is -1.95. The first-order valence-electron chi connectivity index (χ1n) is 10.5. The number of aliphatic carboxylic acids is 1. The molecule has 172 valence electrons. The van der Waals surface area contributed by atoms with Crippen LogP contribution in [0.3, 0.4) is 0 Å². The van der Waals surface area contributed by atoms with Crippen LogP contribution in [0.25, 0.3) is 0 Å². The minimum Gasteiger partial charge on any atom is -0.481 e. The van der Waals surface area contributed by atoms with Crippen LogP contribution in [-0.2, 0) is 29.1 Å². The number of aryl methyl sites for hydroxylation is 1. The van der Waals surface area contributed by atoms with Gasteiger partial charge in [-0.25, -0.2) is 14.2 Å². The summed E-state index contributed by atoms with van der Waals surface area (Å²) in [5.41, 5.74) is 1.83. The van der Waals surface area contributed by atoms with Crippen LogP contribution in [0.4, 0.5) is 11.6 Å². The number of hydrogen-bond donors (Lipinski definition) is 2. The number of hydrogen-bond acceptors (Lipinski definition) is 6. The number of carboxylic acid groups (broad SMARTS) is 1. The Morgan fingerprint density at radius 2 is 1.61 bits per heavy atom. The van der Waals surface area contributed by atoms with Crippen molar-refractivity contribution in [3.63, 3.8) is 0 Å². The zero-order valence-electron chi connectivity index (χ0n) is 18.7. The molecule has 9 nitrogen and oxygen atoms in total. The second kappa shape index (κ2) is 10.1. The predicted octanol–water partition coefficient (Wildman–Crippen LogP) is 2.36. The lowest BCUT2D eigenvalue weighted by Crippen LogP contribution is -2.44. The molecule has 0 spiro atoms. The third-order valence-corrected chi connectivity index (χ3v) is 5.15. The SMILES string of the molecule is CC(=O)Cc1ccc(Nc2nc(=O)n(C[C@H](C)C(=O)O)c(=O)n2Cc2ccc(C)cc2)cc1. The number of aromatic nitrogens is 3. The highest BCUT2D eigenvalue weighted by Gasteiger charge is 2.19. The van der Waals surface area contributed by atoms with Gasteiger partial charge in [0.1, 0.15) is 5.78 Å². The molecule has 0 bridgehead atoms. The van der Waals surface area contributed by atoms with Crippen LogP contribution >= 0.6 is 0 Å². The molecule has 2 N–H and O–H groups in total. The predicted molar refractivity (Wildman–Crippen MR) is 124 cm³/mol. The first-order valence-corrected chi connectivity index (χ1v) is 10.5. The highest BCUT2D eigenvalue weighted by Crippen LogP contribution is 2.16. The Morgan fingerprint density at radius 3 is 2.18 bits per heavy atom. The smallest absolute Gasteiger partial charge is 0.354 e. The third-order valence-electron chi connectivity index (χ3n) is 5.15. The van der Waals surface area contributed by atoms with Crippen LogP contribution in [0.15, 0.2) is 58.1 Å². The lowest BCUT2D eigenvalue weighted by Gasteiger charge is -2.17. The van der Waals surface area contributed by atoms with Crippen LogP contribution < -0.4 is 16.7 Å². The Balaban J connectivity index is 2.02. The molecule has 9 heteroatoms. The van der Waals surface area contributed by atoms with E-state index in [9.17, 15) is 24.3 Å². The Hall–Kier alpha value is -4.01. The van der Waals surface area contributed by atoms with E-state index in [4.69, 9.17) is 0 Å². The fourth-order valence-electron chi connectivity index (χ4n) is 3.27. The second-order valence-corrected chi connectivity index (χ2v) is 8.12. The molecule has 0 saturated carbocycles. The van der Waals surface area contributed by atoms with Crippen molar-refractivity contribution in [2.75, 3.05) is 5.32 Å². The van der Waals surface area contributed by atoms with E-state index in [0.717, 1.165) is 21.3 Å². The van der Waals surface area contributed by atoms with Crippen molar-refractivity contribution >= 4 is 23.4 Å². The lowest BCUT2D eigenvalue weighted by atomic mass is 10.1. The topological polar surface area (TPSA) is 123 Å². The first kappa shape index (κ1) is 23.6. The van der Waals surface area contributed by atoms with Crippen molar-refractivity contribution in [1.82, 2.24) is 14.1 Å². The molecular formula is C24H26N4O5. The standard InChI is InChI=1S/C24H26N4O5/c1-15-4-6-19(7-5-15)14-27-22(25-20-10-8-18(9-11-20)12-17(3)29)26-23(32)28(24(27)33)13-16(2)21(30)31/h4-11,16H,12-14H2,1-3H3,(H,30,31)(H,25,26,32)/t16-/m0/s1. The van der Waals surface area contributed by atoms with E-state index in [1.807, 2.05) is 31.2 Å². The van der Waals surface area contributed by atoms with Gasteiger partial charge in [-0.05, 0) is 37.1 Å². The minimum absolute atomic E-state index is 0.0449. The van der Waals surface area contributed by atoms with Crippen molar-refractivity contribution in [1.29, 1.82) is 0 Å². The lowest BCUT2D eigenvalue weighted by molar-refractivity contribution is -0.141. The van der Waals surface area contributed by atoms with Gasteiger partial charge >= 0.3 is 17.3 Å². The Morgan fingerprint density at radius 1 is 1.00 bits per heavy atom. The van der Waals surface area contributed by atoms with Crippen molar-refractivity contribution in [3.05, 3.63) is 86.2 Å². The number of nitrogens with zero attached hydrogens (tertiary/aromatic N) is 3. The summed E-state index contributed by atoms with van der Waals surface area (Å²) in [6, 6.07) is 14.6. The number of carboxylic acids is 1. The van der Waals surface area contributed by atoms with Gasteiger partial charge in [-0.3, -0.25) is 14.2 Å². The van der Waals surface area contributed by atoms with Gasteiger partial charge in [0, 0.05) is 18.7 Å². The fourth-order valence-corrected chi connectivity index (χ4v) is 3.27. The van der Waals surface area contributed by atoms with Gasteiger partial charge in [0.25, 0.3) is 0 Å². The monoisotopic (exact) mass is 450 g/mol. The molecule has 2 aromatic carbocycles. The number of carbonyl (C=O) groups excluding carboxylic acids is 1. The third kappa shape index (κ3) is 6.03. The highest BCUT2D eigenvalue weighted by molar-refractivity contribution is 5.78. The van der Waals surface area contributed by atoms with Crippen molar-refractivity contribution in [2.45, 2.75) is 40.3 Å². The van der Waals surface area contributed by atoms with Crippen molar-refractivity contribution in [3.8, 4) is 0 Å². The summed E-state index contributed by atoms with van der Waals surface area (Å²) in [7, 11) is 0. The van der Waals surface area contributed by atoms with E-state index in [1.54, 1.807) is 24.3 Å². The van der Waals surface area contributed by atoms with Crippen molar-refractivity contribution in [2.24, 2.45) is 5.92 Å². The van der Waals surface area contributed by atoms with Gasteiger partial charge in [0.05, 0.1) is 12.5 Å². The summed E-state index contributed by atoms with van der Waals surface area (Å²) in [4.78, 5) is 52.4. The van der Waals surface area contributed by atoms with Gasteiger partial charge < -0.3 is 10.4 Å². The van der Waals surface area contributed by atoms with Crippen molar-refractivity contribution < 1.29 is 14.7 Å². The minimum atomic E-state index is -1.11. The quantitative estimate of drug-likeness (QED) is 0.513. The normalized spacial score (nSPS) is 11.7. The molecule has 0 unspecified atom stereocenters. The van der Waals surface area contributed by atoms with Gasteiger partial charge in [-0.1, -0.05) is 48.9 Å². The Kier molecular flexibility index (Phi) is 7.22. The number of nitrogens with one attached hydrogen (secondary N) is 1. The number of carbonyl (C=O) groups is 2. The molecule has 0 amide bonds. The van der Waals surface area contributed by atoms with E-state index < -0.39 is 23.3 Å². The van der Waals surface area contributed by atoms with E-state index in [2.05, 4.69) is 10.3 Å². The maximum atomic E-state index is 13.2.